The predicted molar refractivity (Wildman–Crippen MR) is 157 cm³/mol. The van der Waals surface area contributed by atoms with Crippen LogP contribution in [0.5, 0.6) is 0 Å². The number of esters is 2. The second kappa shape index (κ2) is 14.5. The molecule has 2 atom stereocenters. The van der Waals surface area contributed by atoms with Gasteiger partial charge in [0.2, 0.25) is 0 Å². The van der Waals surface area contributed by atoms with Crippen molar-refractivity contribution in [2.75, 3.05) is 38.3 Å². The molecule has 0 spiro atoms. The molecule has 1 saturated carbocycles. The smallest absolute Gasteiger partial charge is 0.410 e. The molecular weight excluding hydrogens is 538 g/mol. The number of aryl methyl sites for hydroxylation is 1. The van der Waals surface area contributed by atoms with Crippen LogP contribution in [0.1, 0.15) is 57.6 Å². The Morgan fingerprint density at radius 2 is 1.74 bits per heavy atom. The van der Waals surface area contributed by atoms with Crippen molar-refractivity contribution >= 4 is 23.8 Å². The molecule has 10 heteroatoms. The molecule has 2 aromatic rings. The van der Waals surface area contributed by atoms with Gasteiger partial charge in [-0.15, -0.1) is 0 Å². The first-order valence-corrected chi connectivity index (χ1v) is 14.7. The van der Waals surface area contributed by atoms with Crippen molar-refractivity contribution in [2.24, 2.45) is 5.92 Å². The summed E-state index contributed by atoms with van der Waals surface area (Å²) in [6.45, 7) is 8.30. The molecule has 0 bridgehead atoms. The van der Waals surface area contributed by atoms with Crippen LogP contribution < -0.4 is 4.90 Å². The first-order chi connectivity index (χ1) is 20.1. The van der Waals surface area contributed by atoms with E-state index in [4.69, 9.17) is 18.9 Å². The fraction of sp³-hybridized carbons (Fsp3) is 0.562. The maximum Gasteiger partial charge on any atom is 0.410 e. The molecule has 1 aliphatic carbocycles. The number of aromatic nitrogens is 1. The van der Waals surface area contributed by atoms with Gasteiger partial charge in [0.05, 0.1) is 13.2 Å². The number of morpholine rings is 1. The van der Waals surface area contributed by atoms with Crippen LogP contribution in [-0.4, -0.2) is 79.0 Å². The zero-order valence-electron chi connectivity index (χ0n) is 25.1. The SMILES string of the molecule is CN(C(=O)OC(C)(C)C)[C@@H](CC1CC1)C(=O)O[C@H](CCc1ccc(N2CCOCC2)nc1)C(=O)OCc1ccccc1. The summed E-state index contributed by atoms with van der Waals surface area (Å²) in [6.07, 6.45) is 3.12. The van der Waals surface area contributed by atoms with Crippen molar-refractivity contribution < 1.29 is 33.3 Å². The van der Waals surface area contributed by atoms with Gasteiger partial charge in [0, 0.05) is 26.3 Å². The van der Waals surface area contributed by atoms with Gasteiger partial charge in [0.1, 0.15) is 24.1 Å². The molecule has 2 aliphatic rings. The number of amides is 1. The summed E-state index contributed by atoms with van der Waals surface area (Å²) in [5.41, 5.74) is 1.02. The fourth-order valence-corrected chi connectivity index (χ4v) is 4.65. The minimum absolute atomic E-state index is 0.0623. The molecule has 1 amide bonds. The molecule has 2 heterocycles. The third-order valence-corrected chi connectivity index (χ3v) is 7.26. The lowest BCUT2D eigenvalue weighted by Crippen LogP contribution is -2.47. The molecule has 0 radical (unpaired) electrons. The molecule has 1 saturated heterocycles. The average Bonchev–Trinajstić information content (AvgIpc) is 3.81. The second-order valence-corrected chi connectivity index (χ2v) is 12.0. The van der Waals surface area contributed by atoms with Crippen molar-refractivity contribution in [3.8, 4) is 0 Å². The van der Waals surface area contributed by atoms with Crippen molar-refractivity contribution in [1.82, 2.24) is 9.88 Å². The van der Waals surface area contributed by atoms with Gasteiger partial charge in [-0.1, -0.05) is 49.2 Å². The van der Waals surface area contributed by atoms with E-state index in [0.29, 0.717) is 32.0 Å². The third-order valence-electron chi connectivity index (χ3n) is 7.26. The molecular formula is C32H43N3O7. The Kier molecular flexibility index (Phi) is 10.8. The zero-order valence-corrected chi connectivity index (χ0v) is 25.1. The molecule has 2 fully saturated rings. The normalized spacial score (nSPS) is 16.7. The fourth-order valence-electron chi connectivity index (χ4n) is 4.65. The van der Waals surface area contributed by atoms with Crippen molar-refractivity contribution in [2.45, 2.75) is 77.2 Å². The number of pyridine rings is 1. The monoisotopic (exact) mass is 581 g/mol. The van der Waals surface area contributed by atoms with Crippen LogP contribution in [0, 0.1) is 5.92 Å². The van der Waals surface area contributed by atoms with Crippen LogP contribution >= 0.6 is 0 Å². The van der Waals surface area contributed by atoms with Gasteiger partial charge in [-0.2, -0.15) is 0 Å². The molecule has 0 unspecified atom stereocenters. The van der Waals surface area contributed by atoms with Gasteiger partial charge in [-0.3, -0.25) is 4.90 Å². The number of carbonyl (C=O) groups excluding carboxylic acids is 3. The van der Waals surface area contributed by atoms with E-state index in [1.807, 2.05) is 42.5 Å². The first kappa shape index (κ1) is 31.3. The maximum atomic E-state index is 13.5. The quantitative estimate of drug-likeness (QED) is 0.264. The van der Waals surface area contributed by atoms with E-state index < -0.39 is 35.8 Å². The van der Waals surface area contributed by atoms with Gasteiger partial charge >= 0.3 is 18.0 Å². The Morgan fingerprint density at radius 3 is 2.36 bits per heavy atom. The maximum absolute atomic E-state index is 13.5. The minimum atomic E-state index is -1.14. The topological polar surface area (TPSA) is 108 Å². The number of hydrogen-bond acceptors (Lipinski definition) is 9. The highest BCUT2D eigenvalue weighted by Gasteiger charge is 2.38. The predicted octanol–water partition coefficient (Wildman–Crippen LogP) is 4.54. The van der Waals surface area contributed by atoms with Crippen LogP contribution in [0.15, 0.2) is 48.7 Å². The Balaban J connectivity index is 1.44. The summed E-state index contributed by atoms with van der Waals surface area (Å²) in [7, 11) is 1.53. The number of rotatable bonds is 12. The molecule has 1 aromatic heterocycles. The first-order valence-electron chi connectivity index (χ1n) is 14.7. The van der Waals surface area contributed by atoms with Crippen molar-refractivity contribution in [3.63, 3.8) is 0 Å². The molecule has 228 valence electrons. The van der Waals surface area contributed by atoms with Crippen LogP contribution in [0.3, 0.4) is 0 Å². The van der Waals surface area contributed by atoms with Crippen LogP contribution in [-0.2, 0) is 41.6 Å². The molecule has 4 rings (SSSR count). The molecule has 10 nitrogen and oxygen atoms in total. The summed E-state index contributed by atoms with van der Waals surface area (Å²) in [6, 6.07) is 12.4. The largest absolute Gasteiger partial charge is 0.458 e. The van der Waals surface area contributed by atoms with E-state index in [2.05, 4.69) is 9.88 Å². The number of benzene rings is 1. The summed E-state index contributed by atoms with van der Waals surface area (Å²) in [4.78, 5) is 47.6. The van der Waals surface area contributed by atoms with Crippen LogP contribution in [0.2, 0.25) is 0 Å². The number of hydrogen-bond donors (Lipinski definition) is 0. The Morgan fingerprint density at radius 1 is 1.02 bits per heavy atom. The summed E-state index contributed by atoms with van der Waals surface area (Å²) < 4.78 is 22.3. The highest BCUT2D eigenvalue weighted by Crippen LogP contribution is 2.35. The summed E-state index contributed by atoms with van der Waals surface area (Å²) in [5, 5.41) is 0. The Labute approximate surface area is 248 Å². The van der Waals surface area contributed by atoms with Crippen molar-refractivity contribution in [3.05, 3.63) is 59.8 Å². The van der Waals surface area contributed by atoms with Crippen LogP contribution in [0.25, 0.3) is 0 Å². The van der Waals surface area contributed by atoms with E-state index in [1.54, 1.807) is 27.0 Å². The number of likely N-dealkylation sites (N-methyl/N-ethyl adjacent to an activating group) is 1. The molecule has 1 aliphatic heterocycles. The standard InChI is InChI=1S/C32H43N3O7/c1-32(2,3)42-31(38)34(4)26(20-23-10-11-23)29(36)41-27(30(37)40-22-25-8-6-5-7-9-25)14-12-24-13-15-28(33-21-24)35-16-18-39-19-17-35/h5-9,13,15,21,23,26-27H,10-12,14,16-20,22H2,1-4H3/t26-,27+/m0/s1. The summed E-state index contributed by atoms with van der Waals surface area (Å²) in [5.74, 6) is -0.0692. The lowest BCUT2D eigenvalue weighted by Gasteiger charge is -2.30. The average molecular weight is 582 g/mol. The van der Waals surface area contributed by atoms with E-state index >= 15 is 0 Å². The number of nitrogens with zero attached hydrogens (tertiary/aromatic N) is 3. The highest BCUT2D eigenvalue weighted by molar-refractivity contribution is 5.84. The summed E-state index contributed by atoms with van der Waals surface area (Å²) >= 11 is 0. The Hall–Kier alpha value is -3.66. The van der Waals surface area contributed by atoms with E-state index in [-0.39, 0.29) is 13.0 Å². The lowest BCUT2D eigenvalue weighted by atomic mass is 10.1. The molecule has 42 heavy (non-hydrogen) atoms. The number of carbonyl (C=O) groups is 3. The van der Waals surface area contributed by atoms with E-state index in [1.165, 1.54) is 11.9 Å². The second-order valence-electron chi connectivity index (χ2n) is 12.0. The molecule has 0 N–H and O–H groups in total. The number of anilines is 1. The molecule has 1 aromatic carbocycles. The van der Waals surface area contributed by atoms with Crippen LogP contribution in [0.4, 0.5) is 10.6 Å². The van der Waals surface area contributed by atoms with Gasteiger partial charge in [-0.05, 0) is 63.1 Å². The Bertz CT molecular complexity index is 1170. The zero-order chi connectivity index (χ0) is 30.1. The minimum Gasteiger partial charge on any atom is -0.458 e. The van der Waals surface area contributed by atoms with Gasteiger partial charge < -0.3 is 23.8 Å². The number of ether oxygens (including phenoxy) is 4. The lowest BCUT2D eigenvalue weighted by molar-refractivity contribution is -0.172. The van der Waals surface area contributed by atoms with Crippen molar-refractivity contribution in [1.29, 1.82) is 0 Å². The van der Waals surface area contributed by atoms with Gasteiger partial charge in [-0.25, -0.2) is 19.4 Å². The third kappa shape index (κ3) is 9.72. The van der Waals surface area contributed by atoms with Gasteiger partial charge in [0.25, 0.3) is 0 Å². The van der Waals surface area contributed by atoms with E-state index in [0.717, 1.165) is 42.9 Å². The van der Waals surface area contributed by atoms with Gasteiger partial charge in [0.15, 0.2) is 6.10 Å². The van der Waals surface area contributed by atoms with E-state index in [9.17, 15) is 14.4 Å². The highest BCUT2D eigenvalue weighted by atomic mass is 16.6.